The van der Waals surface area contributed by atoms with Crippen LogP contribution in [0, 0.1) is 0 Å². The van der Waals surface area contributed by atoms with E-state index in [0.29, 0.717) is 6.42 Å². The van der Waals surface area contributed by atoms with E-state index in [2.05, 4.69) is 11.9 Å². The van der Waals surface area contributed by atoms with Gasteiger partial charge in [0.25, 0.3) is 0 Å². The Kier molecular flexibility index (Phi) is 9.56. The fourth-order valence-corrected chi connectivity index (χ4v) is 1.99. The standard InChI is InChI=1S/C17H31NO5/c1-8-10-11-12(3)22-13(9-2)14(15(19)21-7)18-16(20)23-17(4,5)6/h8,12-14H,1,9-11H2,2-7H3,(H,18,20)/t12-,13+,14?/m1/s1. The van der Waals surface area contributed by atoms with Gasteiger partial charge in [-0.15, -0.1) is 6.58 Å². The number of carbonyl (C=O) groups is 2. The van der Waals surface area contributed by atoms with Gasteiger partial charge in [-0.25, -0.2) is 9.59 Å². The molecule has 6 nitrogen and oxygen atoms in total. The number of rotatable bonds is 9. The SMILES string of the molecule is C=CCC[C@@H](C)O[C@@H](CC)C(NC(=O)OC(C)(C)C)C(=O)OC. The maximum atomic E-state index is 12.0. The third-order valence-electron chi connectivity index (χ3n) is 3.09. The average Bonchev–Trinajstić information content (AvgIpc) is 2.45. The third kappa shape index (κ3) is 9.23. The summed E-state index contributed by atoms with van der Waals surface area (Å²) in [4.78, 5) is 24.0. The summed E-state index contributed by atoms with van der Waals surface area (Å²) < 4.78 is 15.9. The summed E-state index contributed by atoms with van der Waals surface area (Å²) in [5, 5.41) is 2.56. The topological polar surface area (TPSA) is 73.9 Å². The van der Waals surface area contributed by atoms with E-state index in [1.165, 1.54) is 7.11 Å². The molecule has 0 aliphatic carbocycles. The summed E-state index contributed by atoms with van der Waals surface area (Å²) >= 11 is 0. The molecule has 6 heteroatoms. The molecule has 0 saturated carbocycles. The number of alkyl carbamates (subject to hydrolysis) is 1. The average molecular weight is 329 g/mol. The minimum Gasteiger partial charge on any atom is -0.467 e. The van der Waals surface area contributed by atoms with E-state index in [0.717, 1.165) is 12.8 Å². The summed E-state index contributed by atoms with van der Waals surface area (Å²) in [7, 11) is 1.28. The fraction of sp³-hybridized carbons (Fsp3) is 0.765. The highest BCUT2D eigenvalue weighted by Crippen LogP contribution is 2.14. The Bertz CT molecular complexity index is 389. The lowest BCUT2D eigenvalue weighted by atomic mass is 10.1. The molecule has 1 unspecified atom stereocenters. The lowest BCUT2D eigenvalue weighted by molar-refractivity contribution is -0.149. The molecule has 0 heterocycles. The van der Waals surface area contributed by atoms with Gasteiger partial charge in [-0.2, -0.15) is 0 Å². The Labute approximate surface area is 139 Å². The molecule has 3 atom stereocenters. The van der Waals surface area contributed by atoms with E-state index in [9.17, 15) is 9.59 Å². The summed E-state index contributed by atoms with van der Waals surface area (Å²) in [6.07, 6.45) is 2.75. The van der Waals surface area contributed by atoms with E-state index in [1.807, 2.05) is 19.9 Å². The van der Waals surface area contributed by atoms with E-state index >= 15 is 0 Å². The molecule has 0 aliphatic heterocycles. The fourth-order valence-electron chi connectivity index (χ4n) is 1.99. The first-order valence-corrected chi connectivity index (χ1v) is 7.98. The molecule has 0 radical (unpaired) electrons. The van der Waals surface area contributed by atoms with Crippen LogP contribution in [0.5, 0.6) is 0 Å². The van der Waals surface area contributed by atoms with Crippen LogP contribution in [-0.2, 0) is 19.0 Å². The summed E-state index contributed by atoms with van der Waals surface area (Å²) in [6.45, 7) is 12.8. The van der Waals surface area contributed by atoms with Crippen molar-refractivity contribution in [3.63, 3.8) is 0 Å². The van der Waals surface area contributed by atoms with Crippen LogP contribution < -0.4 is 5.32 Å². The highest BCUT2D eigenvalue weighted by Gasteiger charge is 2.33. The van der Waals surface area contributed by atoms with E-state index in [4.69, 9.17) is 14.2 Å². The second kappa shape index (κ2) is 10.3. The molecule has 0 aromatic rings. The highest BCUT2D eigenvalue weighted by atomic mass is 16.6. The van der Waals surface area contributed by atoms with Crippen molar-refractivity contribution in [1.29, 1.82) is 0 Å². The second-order valence-electron chi connectivity index (χ2n) is 6.41. The summed E-state index contributed by atoms with van der Waals surface area (Å²) in [5.74, 6) is -0.557. The van der Waals surface area contributed by atoms with E-state index in [-0.39, 0.29) is 6.10 Å². The number of methoxy groups -OCH3 is 1. The number of carbonyl (C=O) groups excluding carboxylic acids is 2. The Morgan fingerprint density at radius 1 is 1.30 bits per heavy atom. The van der Waals surface area contributed by atoms with Crippen molar-refractivity contribution in [1.82, 2.24) is 5.32 Å². The van der Waals surface area contributed by atoms with Crippen LogP contribution >= 0.6 is 0 Å². The maximum Gasteiger partial charge on any atom is 0.408 e. The maximum absolute atomic E-state index is 12.0. The molecule has 1 N–H and O–H groups in total. The van der Waals surface area contributed by atoms with Crippen LogP contribution in [0.15, 0.2) is 12.7 Å². The van der Waals surface area contributed by atoms with Crippen LogP contribution in [-0.4, -0.2) is 43.0 Å². The lowest BCUT2D eigenvalue weighted by Crippen LogP contribution is -2.52. The first-order chi connectivity index (χ1) is 10.6. The van der Waals surface area contributed by atoms with Gasteiger partial charge in [0.2, 0.25) is 0 Å². The van der Waals surface area contributed by atoms with Crippen molar-refractivity contribution in [3.8, 4) is 0 Å². The Hall–Kier alpha value is -1.56. The Balaban J connectivity index is 4.93. The number of esters is 1. The van der Waals surface area contributed by atoms with Crippen LogP contribution in [0.2, 0.25) is 0 Å². The molecule has 0 spiro atoms. The van der Waals surface area contributed by atoms with Crippen molar-refractivity contribution in [2.24, 2.45) is 0 Å². The van der Waals surface area contributed by atoms with Gasteiger partial charge in [-0.05, 0) is 47.0 Å². The quantitative estimate of drug-likeness (QED) is 0.519. The predicted octanol–water partition coefficient (Wildman–Crippen LogP) is 3.20. The van der Waals surface area contributed by atoms with Gasteiger partial charge in [0.15, 0.2) is 6.04 Å². The van der Waals surface area contributed by atoms with E-state index < -0.39 is 29.8 Å². The monoisotopic (exact) mass is 329 g/mol. The zero-order chi connectivity index (χ0) is 18.0. The van der Waals surface area contributed by atoms with Gasteiger partial charge in [0.1, 0.15) is 5.60 Å². The van der Waals surface area contributed by atoms with Gasteiger partial charge < -0.3 is 19.5 Å². The largest absolute Gasteiger partial charge is 0.467 e. The molecule has 0 rings (SSSR count). The highest BCUT2D eigenvalue weighted by molar-refractivity contribution is 5.82. The van der Waals surface area contributed by atoms with Gasteiger partial charge in [0, 0.05) is 0 Å². The molecule has 1 amide bonds. The number of amides is 1. The first kappa shape index (κ1) is 21.4. The molecule has 0 aromatic heterocycles. The molecular weight excluding hydrogens is 298 g/mol. The number of nitrogens with one attached hydrogen (secondary N) is 1. The van der Waals surface area contributed by atoms with Gasteiger partial charge >= 0.3 is 12.1 Å². The van der Waals surface area contributed by atoms with Crippen LogP contribution in [0.4, 0.5) is 4.79 Å². The second-order valence-corrected chi connectivity index (χ2v) is 6.41. The van der Waals surface area contributed by atoms with Crippen LogP contribution in [0.25, 0.3) is 0 Å². The lowest BCUT2D eigenvalue weighted by Gasteiger charge is -2.29. The first-order valence-electron chi connectivity index (χ1n) is 7.98. The summed E-state index contributed by atoms with van der Waals surface area (Å²) in [6, 6.07) is -0.911. The number of hydrogen-bond acceptors (Lipinski definition) is 5. The smallest absolute Gasteiger partial charge is 0.408 e. The minimum atomic E-state index is -0.911. The van der Waals surface area contributed by atoms with Crippen molar-refractivity contribution < 1.29 is 23.8 Å². The molecule has 0 saturated heterocycles. The number of hydrogen-bond donors (Lipinski definition) is 1. The normalized spacial score (nSPS) is 15.2. The molecular formula is C17H31NO5. The number of ether oxygens (including phenoxy) is 3. The minimum absolute atomic E-state index is 0.0643. The van der Waals surface area contributed by atoms with Crippen molar-refractivity contribution in [2.45, 2.75) is 77.7 Å². The van der Waals surface area contributed by atoms with Crippen molar-refractivity contribution in [3.05, 3.63) is 12.7 Å². The molecule has 134 valence electrons. The van der Waals surface area contributed by atoms with Crippen LogP contribution in [0.3, 0.4) is 0 Å². The molecule has 0 aliphatic rings. The third-order valence-corrected chi connectivity index (χ3v) is 3.09. The Morgan fingerprint density at radius 3 is 2.35 bits per heavy atom. The summed E-state index contributed by atoms with van der Waals surface area (Å²) in [5.41, 5.74) is -0.648. The molecule has 0 fully saturated rings. The van der Waals surface area contributed by atoms with Gasteiger partial charge in [-0.1, -0.05) is 13.0 Å². The van der Waals surface area contributed by atoms with Crippen LogP contribution in [0.1, 0.15) is 53.9 Å². The Morgan fingerprint density at radius 2 is 1.91 bits per heavy atom. The molecule has 0 bridgehead atoms. The predicted molar refractivity (Wildman–Crippen MR) is 89.2 cm³/mol. The zero-order valence-electron chi connectivity index (χ0n) is 15.2. The molecule has 23 heavy (non-hydrogen) atoms. The van der Waals surface area contributed by atoms with Gasteiger partial charge in [-0.3, -0.25) is 0 Å². The number of allylic oxidation sites excluding steroid dienone is 1. The van der Waals surface area contributed by atoms with Crippen molar-refractivity contribution in [2.75, 3.05) is 7.11 Å². The van der Waals surface area contributed by atoms with E-state index in [1.54, 1.807) is 20.8 Å². The molecule has 0 aromatic carbocycles. The van der Waals surface area contributed by atoms with Gasteiger partial charge in [0.05, 0.1) is 19.3 Å². The zero-order valence-corrected chi connectivity index (χ0v) is 15.2. The van der Waals surface area contributed by atoms with Crippen molar-refractivity contribution >= 4 is 12.1 Å².